The Hall–Kier alpha value is -1.57. The number of likely N-dealkylation sites (tertiary alicyclic amines) is 1. The van der Waals surface area contributed by atoms with Crippen molar-refractivity contribution in [2.75, 3.05) is 25.0 Å². The third-order valence-electron chi connectivity index (χ3n) is 5.03. The summed E-state index contributed by atoms with van der Waals surface area (Å²) in [6.45, 7) is 7.85. The van der Waals surface area contributed by atoms with Gasteiger partial charge in [-0.05, 0) is 38.7 Å². The zero-order chi connectivity index (χ0) is 17.3. The maximum absolute atomic E-state index is 6.25. The molecule has 0 amide bonds. The predicted molar refractivity (Wildman–Crippen MR) is 98.8 cm³/mol. The lowest BCUT2D eigenvalue weighted by Gasteiger charge is -2.38. The third kappa shape index (κ3) is 3.99. The maximum Gasteiger partial charge on any atom is 0.222 e. The molecule has 0 radical (unpaired) electrons. The molecule has 0 aromatic carbocycles. The second-order valence-corrected chi connectivity index (χ2v) is 8.24. The molecule has 2 fully saturated rings. The van der Waals surface area contributed by atoms with Crippen LogP contribution in [-0.4, -0.2) is 51.2 Å². The van der Waals surface area contributed by atoms with Crippen LogP contribution in [0.5, 0.6) is 0 Å². The summed E-state index contributed by atoms with van der Waals surface area (Å²) in [6, 6.07) is 0.374. The summed E-state index contributed by atoms with van der Waals surface area (Å²) < 4.78 is 6.25. The first-order valence-corrected chi connectivity index (χ1v) is 9.81. The van der Waals surface area contributed by atoms with Gasteiger partial charge in [-0.3, -0.25) is 4.90 Å². The first kappa shape index (κ1) is 16.9. The van der Waals surface area contributed by atoms with E-state index < -0.39 is 0 Å². The summed E-state index contributed by atoms with van der Waals surface area (Å²) in [5.74, 6) is 0.723. The van der Waals surface area contributed by atoms with Crippen LogP contribution in [0.3, 0.4) is 0 Å². The largest absolute Gasteiger partial charge is 0.373 e. The van der Waals surface area contributed by atoms with Crippen LogP contribution >= 0.6 is 11.3 Å². The quantitative estimate of drug-likeness (QED) is 0.906. The molecule has 2 aromatic heterocycles. The highest BCUT2D eigenvalue weighted by atomic mass is 32.1. The molecule has 1 N–H and O–H groups in total. The van der Waals surface area contributed by atoms with Gasteiger partial charge >= 0.3 is 0 Å². The van der Waals surface area contributed by atoms with Gasteiger partial charge in [0.25, 0.3) is 0 Å². The van der Waals surface area contributed by atoms with Gasteiger partial charge in [-0.2, -0.15) is 0 Å². The van der Waals surface area contributed by atoms with Gasteiger partial charge in [0.15, 0.2) is 0 Å². The molecule has 134 valence electrons. The Morgan fingerprint density at radius 2 is 2.20 bits per heavy atom. The number of rotatable bonds is 4. The van der Waals surface area contributed by atoms with Crippen molar-refractivity contribution >= 4 is 17.3 Å². The Bertz CT molecular complexity index is 719. The number of nitrogens with zero attached hydrogens (tertiary/aromatic N) is 4. The van der Waals surface area contributed by atoms with Gasteiger partial charge in [-0.15, -0.1) is 11.3 Å². The fourth-order valence-corrected chi connectivity index (χ4v) is 4.63. The lowest BCUT2D eigenvalue weighted by atomic mass is 9.89. The Kier molecular flexibility index (Phi) is 4.71. The summed E-state index contributed by atoms with van der Waals surface area (Å²) in [6.07, 6.45) is 6.82. The molecule has 2 saturated heterocycles. The van der Waals surface area contributed by atoms with E-state index in [0.717, 1.165) is 62.7 Å². The minimum absolute atomic E-state index is 0.0348. The van der Waals surface area contributed by atoms with Crippen LogP contribution in [0.4, 0.5) is 5.95 Å². The third-order valence-corrected chi connectivity index (χ3v) is 5.98. The van der Waals surface area contributed by atoms with Crippen molar-refractivity contribution in [1.82, 2.24) is 19.9 Å². The topological polar surface area (TPSA) is 63.2 Å². The molecule has 4 heterocycles. The lowest BCUT2D eigenvalue weighted by Crippen LogP contribution is -2.46. The fourth-order valence-electron chi connectivity index (χ4n) is 3.81. The summed E-state index contributed by atoms with van der Waals surface area (Å²) >= 11 is 1.75. The molecular weight excluding hydrogens is 334 g/mol. The number of aryl methyl sites for hydroxylation is 2. The van der Waals surface area contributed by atoms with E-state index in [1.54, 1.807) is 11.3 Å². The molecule has 2 atom stereocenters. The van der Waals surface area contributed by atoms with Gasteiger partial charge in [-0.1, -0.05) is 0 Å². The normalized spacial score (nSPS) is 27.0. The minimum Gasteiger partial charge on any atom is -0.373 e. The van der Waals surface area contributed by atoms with E-state index in [9.17, 15) is 0 Å². The summed E-state index contributed by atoms with van der Waals surface area (Å²) in [5.41, 5.74) is 2.16. The molecule has 2 aliphatic heterocycles. The summed E-state index contributed by atoms with van der Waals surface area (Å²) in [5, 5.41) is 6.82. The zero-order valence-corrected chi connectivity index (χ0v) is 15.7. The first-order valence-electron chi connectivity index (χ1n) is 8.93. The number of aromatic nitrogens is 3. The van der Waals surface area contributed by atoms with Crippen molar-refractivity contribution < 1.29 is 4.74 Å². The average Bonchev–Trinajstić information content (AvgIpc) is 3.17. The van der Waals surface area contributed by atoms with Crippen molar-refractivity contribution in [3.63, 3.8) is 0 Å². The van der Waals surface area contributed by atoms with Crippen LogP contribution in [0.15, 0.2) is 17.8 Å². The van der Waals surface area contributed by atoms with Gasteiger partial charge in [0.1, 0.15) is 5.01 Å². The molecule has 6 nitrogen and oxygen atoms in total. The van der Waals surface area contributed by atoms with Crippen molar-refractivity contribution in [3.05, 3.63) is 34.0 Å². The van der Waals surface area contributed by atoms with Gasteiger partial charge in [0.05, 0.1) is 12.1 Å². The van der Waals surface area contributed by atoms with E-state index in [-0.39, 0.29) is 5.60 Å². The van der Waals surface area contributed by atoms with E-state index in [2.05, 4.69) is 37.5 Å². The van der Waals surface area contributed by atoms with Crippen LogP contribution in [0.25, 0.3) is 0 Å². The monoisotopic (exact) mass is 359 g/mol. The molecule has 2 aromatic rings. The summed E-state index contributed by atoms with van der Waals surface area (Å²) in [7, 11) is 0. The molecule has 0 unspecified atom stereocenters. The van der Waals surface area contributed by atoms with Gasteiger partial charge in [-0.25, -0.2) is 15.0 Å². The fraction of sp³-hybridized carbons (Fsp3) is 0.611. The summed E-state index contributed by atoms with van der Waals surface area (Å²) in [4.78, 5) is 15.8. The Morgan fingerprint density at radius 3 is 2.96 bits per heavy atom. The van der Waals surface area contributed by atoms with Crippen molar-refractivity contribution in [3.8, 4) is 0 Å². The van der Waals surface area contributed by atoms with Crippen LogP contribution in [0.2, 0.25) is 0 Å². The Labute approximate surface area is 152 Å². The van der Waals surface area contributed by atoms with Gasteiger partial charge in [0, 0.05) is 49.2 Å². The molecule has 7 heteroatoms. The van der Waals surface area contributed by atoms with E-state index in [1.165, 1.54) is 5.01 Å². The van der Waals surface area contributed by atoms with Crippen LogP contribution in [0.1, 0.15) is 35.5 Å². The zero-order valence-electron chi connectivity index (χ0n) is 14.9. The maximum atomic E-state index is 6.25. The highest BCUT2D eigenvalue weighted by Gasteiger charge is 2.43. The first-order chi connectivity index (χ1) is 12.1. The van der Waals surface area contributed by atoms with Gasteiger partial charge in [0.2, 0.25) is 5.95 Å². The Balaban J connectivity index is 1.36. The van der Waals surface area contributed by atoms with Crippen LogP contribution < -0.4 is 5.32 Å². The molecule has 0 aliphatic carbocycles. The lowest BCUT2D eigenvalue weighted by molar-refractivity contribution is -0.0737. The molecule has 2 aliphatic rings. The van der Waals surface area contributed by atoms with Crippen LogP contribution in [-0.2, 0) is 11.3 Å². The van der Waals surface area contributed by atoms with Crippen molar-refractivity contribution in [1.29, 1.82) is 0 Å². The average molecular weight is 359 g/mol. The van der Waals surface area contributed by atoms with Gasteiger partial charge < -0.3 is 10.1 Å². The van der Waals surface area contributed by atoms with Crippen molar-refractivity contribution in [2.24, 2.45) is 0 Å². The molecule has 25 heavy (non-hydrogen) atoms. The number of hydrogen-bond donors (Lipinski definition) is 1. The predicted octanol–water partition coefficient (Wildman–Crippen LogP) is 2.79. The number of anilines is 1. The Morgan fingerprint density at radius 1 is 1.36 bits per heavy atom. The molecule has 4 rings (SSSR count). The molecule has 0 saturated carbocycles. The van der Waals surface area contributed by atoms with E-state index in [4.69, 9.17) is 4.74 Å². The highest BCUT2D eigenvalue weighted by molar-refractivity contribution is 7.09. The van der Waals surface area contributed by atoms with Crippen LogP contribution in [0, 0.1) is 13.8 Å². The second kappa shape index (κ2) is 6.97. The smallest absolute Gasteiger partial charge is 0.222 e. The molecule has 0 bridgehead atoms. The number of thiazole rings is 1. The second-order valence-electron chi connectivity index (χ2n) is 7.29. The van der Waals surface area contributed by atoms with E-state index in [1.807, 2.05) is 19.3 Å². The van der Waals surface area contributed by atoms with Crippen molar-refractivity contribution in [2.45, 2.75) is 51.3 Å². The molecule has 1 spiro atoms. The number of ether oxygens (including phenoxy) is 1. The number of nitrogens with one attached hydrogen (secondary N) is 1. The minimum atomic E-state index is -0.0348. The highest BCUT2D eigenvalue weighted by Crippen LogP contribution is 2.35. The van der Waals surface area contributed by atoms with E-state index >= 15 is 0 Å². The molecular formula is C18H25N5OS. The van der Waals surface area contributed by atoms with E-state index in [0.29, 0.717) is 6.04 Å². The number of hydrogen-bond acceptors (Lipinski definition) is 7. The SMILES string of the molecule is Cc1cnc(N[C@H]2CCO[C@@]3(CCN(Cc4nc(C)cs4)C3)C2)nc1. The standard InChI is InChI=1S/C18H25N5OS/c1-13-8-19-17(20-9-13)22-15-3-6-24-18(7-15)4-5-23(12-18)10-16-21-14(2)11-25-16/h8-9,11,15H,3-7,10,12H2,1-2H3,(H,19,20,22)/t15-,18-/m0/s1.